The minimum Gasteiger partial charge on any atom is -0.495 e. The van der Waals surface area contributed by atoms with Crippen LogP contribution in [-0.2, 0) is 4.79 Å². The maximum Gasteiger partial charge on any atom is 0.228 e. The molecule has 2 aromatic heterocycles. The predicted octanol–water partition coefficient (Wildman–Crippen LogP) is 4.09. The number of hydrogen-bond acceptors (Lipinski definition) is 7. The van der Waals surface area contributed by atoms with Gasteiger partial charge in [-0.25, -0.2) is 14.6 Å². The number of hydrogen-bond donors (Lipinski definition) is 2. The Kier molecular flexibility index (Phi) is 6.00. The highest BCUT2D eigenvalue weighted by Crippen LogP contribution is 2.48. The lowest BCUT2D eigenvalue weighted by Crippen LogP contribution is -2.31. The number of amides is 1. The molecule has 0 unspecified atom stereocenters. The van der Waals surface area contributed by atoms with E-state index in [2.05, 4.69) is 39.4 Å². The molecule has 3 heterocycles. The summed E-state index contributed by atoms with van der Waals surface area (Å²) < 4.78 is 7.69. The van der Waals surface area contributed by atoms with Gasteiger partial charge >= 0.3 is 0 Å². The number of fused-ring (bicyclic) bond motifs is 1. The Balaban J connectivity index is 1.29. The van der Waals surface area contributed by atoms with Crippen molar-refractivity contribution >= 4 is 28.4 Å². The number of nitrogens with one attached hydrogen (secondary N) is 1. The molecule has 37 heavy (non-hydrogen) atoms. The molecule has 0 spiro atoms. The van der Waals surface area contributed by atoms with Gasteiger partial charge in [0.15, 0.2) is 5.65 Å². The van der Waals surface area contributed by atoms with Crippen molar-refractivity contribution in [2.24, 2.45) is 5.92 Å². The van der Waals surface area contributed by atoms with Gasteiger partial charge in [-0.1, -0.05) is 36.4 Å². The van der Waals surface area contributed by atoms with Crippen molar-refractivity contribution in [1.82, 2.24) is 24.6 Å². The Morgan fingerprint density at radius 2 is 1.89 bits per heavy atom. The van der Waals surface area contributed by atoms with Crippen LogP contribution in [-0.4, -0.2) is 57.8 Å². The first kappa shape index (κ1) is 23.4. The van der Waals surface area contributed by atoms with E-state index >= 15 is 0 Å². The van der Waals surface area contributed by atoms with Crippen molar-refractivity contribution in [1.29, 1.82) is 0 Å². The Morgan fingerprint density at radius 3 is 2.65 bits per heavy atom. The number of carbonyl (C=O) groups is 1. The lowest BCUT2D eigenvalue weighted by Gasteiger charge is -2.29. The summed E-state index contributed by atoms with van der Waals surface area (Å²) in [6, 6.07) is 16.1. The molecule has 0 bridgehead atoms. The fraction of sp³-hybridized carbons (Fsp3) is 0.357. The molecule has 1 saturated heterocycles. The standard InChI is InChI=1S/C28H31N7O2/c1-34-12-10-19(11-13-34)35-27-24(26(29)30-16-31-27)25(33-35)18-8-9-22(23(14-18)37-2)32-28(36)21-15-20(21)17-6-4-3-5-7-17/h3-9,14,16,19-21H,10-13,15H2,1-2H3,(H,32,36)(H2,29,30,31)/t20-,21+/m0/s1. The number of rotatable bonds is 6. The van der Waals surface area contributed by atoms with E-state index in [1.54, 1.807) is 7.11 Å². The maximum atomic E-state index is 13.0. The molecule has 2 aliphatic rings. The first-order chi connectivity index (χ1) is 18.0. The highest BCUT2D eigenvalue weighted by molar-refractivity contribution is 6.00. The maximum absolute atomic E-state index is 13.0. The third-order valence-electron chi connectivity index (χ3n) is 7.64. The molecule has 0 radical (unpaired) electrons. The summed E-state index contributed by atoms with van der Waals surface area (Å²) in [5.74, 6) is 1.22. The van der Waals surface area contributed by atoms with Gasteiger partial charge in [0.05, 0.1) is 24.2 Å². The van der Waals surface area contributed by atoms with Crippen LogP contribution in [0.15, 0.2) is 54.9 Å². The fourth-order valence-electron chi connectivity index (χ4n) is 5.41. The van der Waals surface area contributed by atoms with Crippen LogP contribution in [0.25, 0.3) is 22.3 Å². The van der Waals surface area contributed by atoms with Crippen molar-refractivity contribution in [2.75, 3.05) is 38.3 Å². The minimum absolute atomic E-state index is 0.00883. The largest absolute Gasteiger partial charge is 0.495 e. The first-order valence-electron chi connectivity index (χ1n) is 12.7. The average molecular weight is 498 g/mol. The lowest BCUT2D eigenvalue weighted by molar-refractivity contribution is -0.117. The number of likely N-dealkylation sites (tertiary alicyclic amines) is 1. The lowest BCUT2D eigenvalue weighted by atomic mass is 10.1. The van der Waals surface area contributed by atoms with Gasteiger partial charge in [-0.3, -0.25) is 4.79 Å². The van der Waals surface area contributed by atoms with Crippen molar-refractivity contribution < 1.29 is 9.53 Å². The molecule has 9 heteroatoms. The van der Waals surface area contributed by atoms with Gasteiger partial charge < -0.3 is 20.7 Å². The van der Waals surface area contributed by atoms with Crippen LogP contribution in [0, 0.1) is 5.92 Å². The van der Waals surface area contributed by atoms with E-state index in [-0.39, 0.29) is 23.8 Å². The second-order valence-corrected chi connectivity index (χ2v) is 10.0. The van der Waals surface area contributed by atoms with Crippen LogP contribution in [0.1, 0.15) is 36.8 Å². The molecular weight excluding hydrogens is 466 g/mol. The number of carbonyl (C=O) groups excluding carboxylic acids is 1. The molecule has 3 N–H and O–H groups in total. The average Bonchev–Trinajstić information content (AvgIpc) is 3.64. The molecule has 190 valence electrons. The van der Waals surface area contributed by atoms with Crippen LogP contribution in [0.4, 0.5) is 11.5 Å². The van der Waals surface area contributed by atoms with Crippen molar-refractivity contribution in [3.8, 4) is 17.0 Å². The third-order valence-corrected chi connectivity index (χ3v) is 7.64. The van der Waals surface area contributed by atoms with Gasteiger partial charge in [0.2, 0.25) is 5.91 Å². The highest BCUT2D eigenvalue weighted by Gasteiger charge is 2.44. The van der Waals surface area contributed by atoms with Crippen molar-refractivity contribution in [3.05, 3.63) is 60.4 Å². The summed E-state index contributed by atoms with van der Waals surface area (Å²) in [5.41, 5.74) is 10.5. The number of nitrogens with zero attached hydrogens (tertiary/aromatic N) is 5. The molecule has 2 aromatic carbocycles. The number of aromatic nitrogens is 4. The van der Waals surface area contributed by atoms with Crippen molar-refractivity contribution in [3.63, 3.8) is 0 Å². The third kappa shape index (κ3) is 4.40. The second kappa shape index (κ2) is 9.48. The van der Waals surface area contributed by atoms with E-state index in [9.17, 15) is 4.79 Å². The Hall–Kier alpha value is -3.98. The molecule has 1 aliphatic heterocycles. The van der Waals surface area contributed by atoms with E-state index in [1.807, 2.05) is 41.1 Å². The van der Waals surface area contributed by atoms with Gasteiger partial charge in [0.1, 0.15) is 23.6 Å². The zero-order valence-electron chi connectivity index (χ0n) is 21.1. The summed E-state index contributed by atoms with van der Waals surface area (Å²) in [6.07, 6.45) is 4.34. The molecule has 2 atom stereocenters. The van der Waals surface area contributed by atoms with E-state index in [1.165, 1.54) is 11.9 Å². The van der Waals surface area contributed by atoms with E-state index in [0.29, 0.717) is 17.3 Å². The predicted molar refractivity (Wildman–Crippen MR) is 143 cm³/mol. The summed E-state index contributed by atoms with van der Waals surface area (Å²) in [7, 11) is 3.74. The van der Waals surface area contributed by atoms with Gasteiger partial charge in [-0.2, -0.15) is 5.10 Å². The molecule has 9 nitrogen and oxygen atoms in total. The molecule has 2 fully saturated rings. The van der Waals surface area contributed by atoms with Crippen LogP contribution < -0.4 is 15.8 Å². The van der Waals surface area contributed by atoms with Crippen LogP contribution >= 0.6 is 0 Å². The summed E-state index contributed by atoms with van der Waals surface area (Å²) in [5, 5.41) is 8.80. The number of anilines is 2. The summed E-state index contributed by atoms with van der Waals surface area (Å²) in [6.45, 7) is 2.02. The topological polar surface area (TPSA) is 111 Å². The molecule has 1 amide bonds. The Labute approximate surface area is 215 Å². The van der Waals surface area contributed by atoms with E-state index in [0.717, 1.165) is 54.6 Å². The number of nitrogen functional groups attached to an aromatic ring is 1. The van der Waals surface area contributed by atoms with Crippen LogP contribution in [0.5, 0.6) is 5.75 Å². The minimum atomic E-state index is -0.0297. The molecule has 6 rings (SSSR count). The molecule has 1 aliphatic carbocycles. The molecule has 4 aromatic rings. The normalized spacial score (nSPS) is 20.2. The van der Waals surface area contributed by atoms with E-state index < -0.39 is 0 Å². The van der Waals surface area contributed by atoms with Gasteiger partial charge in [-0.05, 0) is 63.0 Å². The van der Waals surface area contributed by atoms with Gasteiger partial charge in [0, 0.05) is 11.5 Å². The molecular formula is C28H31N7O2. The van der Waals surface area contributed by atoms with Crippen molar-refractivity contribution in [2.45, 2.75) is 31.2 Å². The number of benzene rings is 2. The number of nitrogens with two attached hydrogens (primary N) is 1. The summed E-state index contributed by atoms with van der Waals surface area (Å²) in [4.78, 5) is 24.1. The number of ether oxygens (including phenoxy) is 1. The smallest absolute Gasteiger partial charge is 0.228 e. The Morgan fingerprint density at radius 1 is 1.11 bits per heavy atom. The molecule has 1 saturated carbocycles. The van der Waals surface area contributed by atoms with Crippen LogP contribution in [0.2, 0.25) is 0 Å². The zero-order valence-corrected chi connectivity index (χ0v) is 21.1. The van der Waals surface area contributed by atoms with E-state index in [4.69, 9.17) is 15.6 Å². The monoisotopic (exact) mass is 497 g/mol. The Bertz CT molecular complexity index is 1440. The summed E-state index contributed by atoms with van der Waals surface area (Å²) >= 11 is 0. The zero-order chi connectivity index (χ0) is 25.5. The van der Waals surface area contributed by atoms with Gasteiger partial charge in [0.25, 0.3) is 0 Å². The van der Waals surface area contributed by atoms with Gasteiger partial charge in [-0.15, -0.1) is 0 Å². The highest BCUT2D eigenvalue weighted by atomic mass is 16.5. The number of methoxy groups -OCH3 is 1. The van der Waals surface area contributed by atoms with Crippen LogP contribution in [0.3, 0.4) is 0 Å². The first-order valence-corrected chi connectivity index (χ1v) is 12.7. The SMILES string of the molecule is COc1cc(-c2nn(C3CCN(C)CC3)c3ncnc(N)c23)ccc1NC(=O)[C@@H]1C[C@H]1c1ccccc1. The quantitative estimate of drug-likeness (QED) is 0.413. The fourth-order valence-corrected chi connectivity index (χ4v) is 5.41. The second-order valence-electron chi connectivity index (χ2n) is 10.0. The number of piperidine rings is 1.